The van der Waals surface area contributed by atoms with Crippen molar-refractivity contribution in [2.24, 2.45) is 5.10 Å². The smallest absolute Gasteiger partial charge is 0.205 e. The number of methoxy groups -OCH3 is 1. The van der Waals surface area contributed by atoms with Crippen molar-refractivity contribution in [3.63, 3.8) is 0 Å². The Hall–Kier alpha value is -2.79. The van der Waals surface area contributed by atoms with Crippen LogP contribution in [0.15, 0.2) is 28.7 Å². The molecule has 108 valence electrons. The van der Waals surface area contributed by atoms with Gasteiger partial charge in [-0.15, -0.1) is 11.3 Å². The largest absolute Gasteiger partial charge is 0.493 e. The lowest BCUT2D eigenvalue weighted by Crippen LogP contribution is -1.98. The van der Waals surface area contributed by atoms with E-state index in [9.17, 15) is 0 Å². The monoisotopic (exact) mass is 303 g/mol. The van der Waals surface area contributed by atoms with Crippen LogP contribution in [0, 0.1) is 11.3 Å². The standard InChI is InChI=1S/C13H13N5O2S/c1-19-10-3-2-9(6-11(10)20-5-4-14)7-16-18-13-17-12(15)8-21-13/h2-3,6-8H,5,15H2,1H3,(H,17,18). The van der Waals surface area contributed by atoms with Crippen molar-refractivity contribution in [1.82, 2.24) is 4.98 Å². The predicted molar refractivity (Wildman–Crippen MR) is 81.8 cm³/mol. The van der Waals surface area contributed by atoms with E-state index >= 15 is 0 Å². The molecule has 7 nitrogen and oxygen atoms in total. The number of hydrogen-bond donors (Lipinski definition) is 2. The number of nitrogens with zero attached hydrogens (tertiary/aromatic N) is 3. The number of hydrazone groups is 1. The fraction of sp³-hybridized carbons (Fsp3) is 0.154. The van der Waals surface area contributed by atoms with Gasteiger partial charge in [-0.3, -0.25) is 5.43 Å². The number of ether oxygens (including phenoxy) is 2. The number of aromatic nitrogens is 1. The number of nitrogens with two attached hydrogens (primary N) is 1. The number of anilines is 2. The molecule has 3 N–H and O–H groups in total. The van der Waals surface area contributed by atoms with Crippen LogP contribution >= 0.6 is 11.3 Å². The van der Waals surface area contributed by atoms with Crippen molar-refractivity contribution in [3.05, 3.63) is 29.1 Å². The van der Waals surface area contributed by atoms with Crippen LogP contribution in [-0.2, 0) is 0 Å². The lowest BCUT2D eigenvalue weighted by molar-refractivity contribution is 0.329. The first kappa shape index (κ1) is 14.6. The van der Waals surface area contributed by atoms with E-state index in [0.717, 1.165) is 5.56 Å². The predicted octanol–water partition coefficient (Wildman–Crippen LogP) is 2.08. The Balaban J connectivity index is 2.07. The van der Waals surface area contributed by atoms with Crippen molar-refractivity contribution in [1.29, 1.82) is 5.26 Å². The zero-order valence-corrected chi connectivity index (χ0v) is 12.1. The Labute approximate surface area is 125 Å². The lowest BCUT2D eigenvalue weighted by atomic mass is 10.2. The van der Waals surface area contributed by atoms with Gasteiger partial charge in [0, 0.05) is 5.38 Å². The molecule has 0 saturated carbocycles. The summed E-state index contributed by atoms with van der Waals surface area (Å²) in [5.74, 6) is 1.50. The summed E-state index contributed by atoms with van der Waals surface area (Å²) in [6, 6.07) is 7.21. The van der Waals surface area contributed by atoms with Gasteiger partial charge in [-0.2, -0.15) is 10.4 Å². The van der Waals surface area contributed by atoms with Gasteiger partial charge in [0.1, 0.15) is 11.9 Å². The molecule has 0 aliphatic heterocycles. The Morgan fingerprint density at radius 3 is 3.05 bits per heavy atom. The van der Waals surface area contributed by atoms with E-state index in [0.29, 0.717) is 22.4 Å². The van der Waals surface area contributed by atoms with E-state index < -0.39 is 0 Å². The highest BCUT2D eigenvalue weighted by Gasteiger charge is 2.04. The average Bonchev–Trinajstić information content (AvgIpc) is 2.91. The first-order valence-corrected chi connectivity index (χ1v) is 6.78. The van der Waals surface area contributed by atoms with Gasteiger partial charge < -0.3 is 15.2 Å². The molecule has 2 aromatic rings. The number of thiazole rings is 1. The molecule has 0 radical (unpaired) electrons. The molecule has 1 aromatic carbocycles. The maximum absolute atomic E-state index is 8.56. The summed E-state index contributed by atoms with van der Waals surface area (Å²) < 4.78 is 10.4. The van der Waals surface area contributed by atoms with Gasteiger partial charge >= 0.3 is 0 Å². The Kier molecular flexibility index (Phi) is 4.95. The molecule has 8 heteroatoms. The maximum Gasteiger partial charge on any atom is 0.205 e. The molecular weight excluding hydrogens is 290 g/mol. The van der Waals surface area contributed by atoms with E-state index in [1.165, 1.54) is 18.4 Å². The molecule has 0 amide bonds. The van der Waals surface area contributed by atoms with Gasteiger partial charge in [0.25, 0.3) is 0 Å². The summed E-state index contributed by atoms with van der Waals surface area (Å²) in [6.07, 6.45) is 1.61. The summed E-state index contributed by atoms with van der Waals surface area (Å²) in [7, 11) is 1.54. The first-order valence-electron chi connectivity index (χ1n) is 5.91. The molecule has 0 aliphatic carbocycles. The van der Waals surface area contributed by atoms with Crippen LogP contribution in [0.1, 0.15) is 5.56 Å². The molecule has 1 aromatic heterocycles. The summed E-state index contributed by atoms with van der Waals surface area (Å²) in [5, 5.41) is 15.0. The molecule has 0 spiro atoms. The third-order valence-electron chi connectivity index (χ3n) is 2.38. The van der Waals surface area contributed by atoms with Crippen LogP contribution in [0.3, 0.4) is 0 Å². The van der Waals surface area contributed by atoms with Crippen LogP contribution in [0.4, 0.5) is 10.9 Å². The van der Waals surface area contributed by atoms with Crippen molar-refractivity contribution in [2.45, 2.75) is 0 Å². The second-order valence-electron chi connectivity index (χ2n) is 3.80. The summed E-state index contributed by atoms with van der Waals surface area (Å²) >= 11 is 1.36. The van der Waals surface area contributed by atoms with Crippen molar-refractivity contribution in [2.75, 3.05) is 24.9 Å². The first-order chi connectivity index (χ1) is 10.2. The van der Waals surface area contributed by atoms with Gasteiger partial charge in [0.2, 0.25) is 5.13 Å². The molecule has 0 fully saturated rings. The molecule has 1 heterocycles. The zero-order valence-electron chi connectivity index (χ0n) is 11.2. The number of hydrogen-bond acceptors (Lipinski definition) is 8. The normalized spacial score (nSPS) is 10.3. The highest BCUT2D eigenvalue weighted by Crippen LogP contribution is 2.27. The number of nitrogen functional groups attached to an aromatic ring is 1. The number of benzene rings is 1. The maximum atomic E-state index is 8.56. The van der Waals surface area contributed by atoms with E-state index in [-0.39, 0.29) is 6.61 Å². The van der Waals surface area contributed by atoms with Gasteiger partial charge in [-0.25, -0.2) is 4.98 Å². The fourth-order valence-electron chi connectivity index (χ4n) is 1.50. The van der Waals surface area contributed by atoms with Crippen molar-refractivity contribution < 1.29 is 9.47 Å². The quantitative estimate of drug-likeness (QED) is 0.625. The highest BCUT2D eigenvalue weighted by molar-refractivity contribution is 7.14. The molecular formula is C13H13N5O2S. The van der Waals surface area contributed by atoms with E-state index in [1.807, 2.05) is 12.1 Å². The van der Waals surface area contributed by atoms with Crippen LogP contribution in [0.5, 0.6) is 11.5 Å². The number of nitrogens with one attached hydrogen (secondary N) is 1. The summed E-state index contributed by atoms with van der Waals surface area (Å²) in [5.41, 5.74) is 9.08. The second-order valence-corrected chi connectivity index (χ2v) is 4.66. The fourth-order valence-corrected chi connectivity index (χ4v) is 2.04. The molecule has 0 saturated heterocycles. The van der Waals surface area contributed by atoms with E-state index in [4.69, 9.17) is 20.5 Å². The molecule has 21 heavy (non-hydrogen) atoms. The third-order valence-corrected chi connectivity index (χ3v) is 3.14. The van der Waals surface area contributed by atoms with Crippen molar-refractivity contribution in [3.8, 4) is 17.6 Å². The minimum Gasteiger partial charge on any atom is -0.493 e. The summed E-state index contributed by atoms with van der Waals surface area (Å²) in [4.78, 5) is 4.02. The van der Waals surface area contributed by atoms with Crippen LogP contribution in [-0.4, -0.2) is 24.9 Å². The second kappa shape index (κ2) is 7.12. The molecule has 0 bridgehead atoms. The Bertz CT molecular complexity index is 677. The van der Waals surface area contributed by atoms with Crippen LogP contribution < -0.4 is 20.6 Å². The topological polar surface area (TPSA) is 106 Å². The Morgan fingerprint density at radius 2 is 2.38 bits per heavy atom. The minimum atomic E-state index is -0.0480. The van der Waals surface area contributed by atoms with Gasteiger partial charge in [0.15, 0.2) is 18.1 Å². The van der Waals surface area contributed by atoms with Crippen LogP contribution in [0.2, 0.25) is 0 Å². The summed E-state index contributed by atoms with van der Waals surface area (Å²) in [6.45, 7) is -0.0480. The Morgan fingerprint density at radius 1 is 1.52 bits per heavy atom. The number of nitriles is 1. The van der Waals surface area contributed by atoms with Gasteiger partial charge in [-0.1, -0.05) is 0 Å². The van der Waals surface area contributed by atoms with Gasteiger partial charge in [-0.05, 0) is 23.8 Å². The van der Waals surface area contributed by atoms with Crippen LogP contribution in [0.25, 0.3) is 0 Å². The molecule has 0 unspecified atom stereocenters. The third kappa shape index (κ3) is 4.09. The van der Waals surface area contributed by atoms with Gasteiger partial charge in [0.05, 0.1) is 13.3 Å². The lowest BCUT2D eigenvalue weighted by Gasteiger charge is -2.08. The molecule has 0 aliphatic rings. The van der Waals surface area contributed by atoms with Crippen molar-refractivity contribution >= 4 is 28.5 Å². The average molecular weight is 303 g/mol. The minimum absolute atomic E-state index is 0.0480. The molecule has 0 atom stereocenters. The molecule has 2 rings (SSSR count). The number of rotatable bonds is 6. The zero-order chi connectivity index (χ0) is 15.1. The van der Waals surface area contributed by atoms with E-state index in [1.54, 1.807) is 23.7 Å². The highest BCUT2D eigenvalue weighted by atomic mass is 32.1. The van der Waals surface area contributed by atoms with E-state index in [2.05, 4.69) is 15.5 Å². The SMILES string of the molecule is COc1ccc(C=NNc2nc(N)cs2)cc1OCC#N.